The highest BCUT2D eigenvalue weighted by Crippen LogP contribution is 2.28. The van der Waals surface area contributed by atoms with Gasteiger partial charge in [0.1, 0.15) is 4.47 Å². The number of nitrogens with one attached hydrogen (secondary N) is 1. The lowest BCUT2D eigenvalue weighted by molar-refractivity contribution is 0.0638. The van der Waals surface area contributed by atoms with Crippen LogP contribution in [0.4, 0.5) is 5.82 Å². The fourth-order valence-electron chi connectivity index (χ4n) is 1.81. The molecule has 0 aliphatic carbocycles. The molecule has 0 spiro atoms. The van der Waals surface area contributed by atoms with Crippen molar-refractivity contribution in [2.75, 3.05) is 24.7 Å². The first kappa shape index (κ1) is 11.6. The molecule has 1 aliphatic rings. The van der Waals surface area contributed by atoms with Crippen molar-refractivity contribution in [1.29, 1.82) is 0 Å². The molecule has 2 heterocycles. The second kappa shape index (κ2) is 4.18. The van der Waals surface area contributed by atoms with Gasteiger partial charge in [0.2, 0.25) is 0 Å². The van der Waals surface area contributed by atoms with Crippen LogP contribution in [0.5, 0.6) is 0 Å². The van der Waals surface area contributed by atoms with Gasteiger partial charge in [0, 0.05) is 6.54 Å². The van der Waals surface area contributed by atoms with Crippen molar-refractivity contribution in [2.45, 2.75) is 19.4 Å². The molecule has 1 aliphatic heterocycles. The van der Waals surface area contributed by atoms with Crippen molar-refractivity contribution < 1.29 is 4.74 Å². The van der Waals surface area contributed by atoms with Gasteiger partial charge in [0.05, 0.1) is 25.1 Å². The lowest BCUT2D eigenvalue weighted by Gasteiger charge is -2.43. The number of ether oxygens (including phenoxy) is 1. The maximum absolute atomic E-state index is 11.5. The molecule has 88 valence electrons. The van der Waals surface area contributed by atoms with Crippen LogP contribution in [0.15, 0.2) is 15.6 Å². The molecule has 0 bridgehead atoms. The lowest BCUT2D eigenvalue weighted by atomic mass is 10.0. The number of nitrogens with zero attached hydrogens (tertiary/aromatic N) is 2. The highest BCUT2D eigenvalue weighted by Gasteiger charge is 2.33. The Hall–Kier alpha value is -0.880. The molecule has 5 nitrogen and oxygen atoms in total. The first-order valence-corrected chi connectivity index (χ1v) is 5.90. The number of H-pyrrole nitrogens is 1. The van der Waals surface area contributed by atoms with Crippen molar-refractivity contribution in [3.05, 3.63) is 21.2 Å². The zero-order valence-electron chi connectivity index (χ0n) is 9.29. The van der Waals surface area contributed by atoms with E-state index in [4.69, 9.17) is 4.74 Å². The summed E-state index contributed by atoms with van der Waals surface area (Å²) >= 11 is 3.28. The number of halogens is 1. The van der Waals surface area contributed by atoms with Crippen molar-refractivity contribution in [3.8, 4) is 0 Å². The van der Waals surface area contributed by atoms with Crippen LogP contribution in [0.3, 0.4) is 0 Å². The highest BCUT2D eigenvalue weighted by molar-refractivity contribution is 9.10. The van der Waals surface area contributed by atoms with Crippen molar-refractivity contribution in [1.82, 2.24) is 9.97 Å². The summed E-state index contributed by atoms with van der Waals surface area (Å²) in [6.07, 6.45) is 1.42. The number of morpholine rings is 1. The van der Waals surface area contributed by atoms with Crippen LogP contribution in [-0.4, -0.2) is 35.3 Å². The first-order valence-electron chi connectivity index (χ1n) is 5.11. The van der Waals surface area contributed by atoms with Crippen molar-refractivity contribution in [3.63, 3.8) is 0 Å². The molecule has 6 heteroatoms. The first-order chi connectivity index (χ1) is 7.52. The topological polar surface area (TPSA) is 58.2 Å². The van der Waals surface area contributed by atoms with E-state index in [1.807, 2.05) is 0 Å². The maximum Gasteiger partial charge on any atom is 0.267 e. The van der Waals surface area contributed by atoms with E-state index in [-0.39, 0.29) is 11.1 Å². The third-order valence-electron chi connectivity index (χ3n) is 2.68. The molecule has 16 heavy (non-hydrogen) atoms. The van der Waals surface area contributed by atoms with Gasteiger partial charge in [-0.3, -0.25) is 4.79 Å². The summed E-state index contributed by atoms with van der Waals surface area (Å²) in [5.41, 5.74) is -0.311. The molecule has 2 rings (SSSR count). The Morgan fingerprint density at radius 3 is 3.06 bits per heavy atom. The molecule has 1 saturated heterocycles. The molecule has 0 amide bonds. The Morgan fingerprint density at radius 2 is 2.38 bits per heavy atom. The average molecular weight is 288 g/mol. The van der Waals surface area contributed by atoms with E-state index >= 15 is 0 Å². The fourth-order valence-corrected chi connectivity index (χ4v) is 2.24. The molecule has 0 atom stereocenters. The van der Waals surface area contributed by atoms with E-state index in [1.54, 1.807) is 0 Å². The molecular weight excluding hydrogens is 274 g/mol. The van der Waals surface area contributed by atoms with Gasteiger partial charge in [-0.15, -0.1) is 0 Å². The van der Waals surface area contributed by atoms with Crippen LogP contribution >= 0.6 is 15.9 Å². The minimum absolute atomic E-state index is 0.151. The van der Waals surface area contributed by atoms with Crippen LogP contribution in [-0.2, 0) is 4.74 Å². The number of hydrogen-bond acceptors (Lipinski definition) is 4. The highest BCUT2D eigenvalue weighted by atomic mass is 79.9. The Morgan fingerprint density at radius 1 is 1.62 bits per heavy atom. The van der Waals surface area contributed by atoms with E-state index in [9.17, 15) is 4.79 Å². The average Bonchev–Trinajstić information content (AvgIpc) is 2.22. The molecular formula is C10H14BrN3O2. The van der Waals surface area contributed by atoms with Gasteiger partial charge in [0.25, 0.3) is 5.56 Å². The normalized spacial score (nSPS) is 19.8. The summed E-state index contributed by atoms with van der Waals surface area (Å²) in [5, 5.41) is 0. The predicted molar refractivity (Wildman–Crippen MR) is 64.8 cm³/mol. The molecule has 0 radical (unpaired) electrons. The summed E-state index contributed by atoms with van der Waals surface area (Å²) in [7, 11) is 0. The molecule has 1 fully saturated rings. The Labute approximate surface area is 102 Å². The van der Waals surface area contributed by atoms with Gasteiger partial charge >= 0.3 is 0 Å². The monoisotopic (exact) mass is 287 g/mol. The molecule has 1 aromatic rings. The predicted octanol–water partition coefficient (Wildman–Crippen LogP) is 1.15. The number of rotatable bonds is 1. The summed E-state index contributed by atoms with van der Waals surface area (Å²) in [6.45, 7) is 6.17. The Kier molecular flexibility index (Phi) is 3.03. The van der Waals surface area contributed by atoms with E-state index in [0.717, 1.165) is 6.54 Å². The van der Waals surface area contributed by atoms with Crippen molar-refractivity contribution in [2.24, 2.45) is 0 Å². The Balaban J connectivity index is 2.43. The van der Waals surface area contributed by atoms with Crippen LogP contribution in [0, 0.1) is 0 Å². The minimum Gasteiger partial charge on any atom is -0.377 e. The van der Waals surface area contributed by atoms with Crippen LogP contribution in [0.25, 0.3) is 0 Å². The SMILES string of the molecule is CC1(C)COCCN1c1nc[nH]c(=O)c1Br. The summed E-state index contributed by atoms with van der Waals surface area (Å²) < 4.78 is 5.91. The molecule has 0 unspecified atom stereocenters. The van der Waals surface area contributed by atoms with Gasteiger partial charge in [-0.05, 0) is 29.8 Å². The summed E-state index contributed by atoms with van der Waals surface area (Å²) in [4.78, 5) is 20.3. The standard InChI is InChI=1S/C10H14BrN3O2/c1-10(2)5-16-4-3-14(10)8-7(11)9(15)13-6-12-8/h6H,3-5H2,1-2H3,(H,12,13,15). The number of aromatic nitrogens is 2. The largest absolute Gasteiger partial charge is 0.377 e. The number of aromatic amines is 1. The molecule has 1 aromatic heterocycles. The van der Waals surface area contributed by atoms with Crippen LogP contribution in [0.2, 0.25) is 0 Å². The molecule has 1 N–H and O–H groups in total. The zero-order chi connectivity index (χ0) is 11.8. The zero-order valence-corrected chi connectivity index (χ0v) is 10.9. The number of hydrogen-bond donors (Lipinski definition) is 1. The maximum atomic E-state index is 11.5. The molecule has 0 aromatic carbocycles. The van der Waals surface area contributed by atoms with Crippen molar-refractivity contribution >= 4 is 21.7 Å². The van der Waals surface area contributed by atoms with Gasteiger partial charge in [0.15, 0.2) is 5.82 Å². The van der Waals surface area contributed by atoms with E-state index < -0.39 is 0 Å². The van der Waals surface area contributed by atoms with Crippen LogP contribution < -0.4 is 10.5 Å². The van der Waals surface area contributed by atoms with Gasteiger partial charge in [-0.2, -0.15) is 0 Å². The van der Waals surface area contributed by atoms with E-state index in [1.165, 1.54) is 6.33 Å². The van der Waals surface area contributed by atoms with Gasteiger partial charge in [-0.1, -0.05) is 0 Å². The Bertz CT molecular complexity index is 444. The van der Waals surface area contributed by atoms with Gasteiger partial charge < -0.3 is 14.6 Å². The van der Waals surface area contributed by atoms with E-state index in [0.29, 0.717) is 23.5 Å². The summed E-state index contributed by atoms with van der Waals surface area (Å²) in [5.74, 6) is 0.678. The summed E-state index contributed by atoms with van der Waals surface area (Å²) in [6, 6.07) is 0. The van der Waals surface area contributed by atoms with Crippen LogP contribution in [0.1, 0.15) is 13.8 Å². The third-order valence-corrected chi connectivity index (χ3v) is 3.39. The minimum atomic E-state index is -0.160. The molecule has 0 saturated carbocycles. The quantitative estimate of drug-likeness (QED) is 0.842. The fraction of sp³-hybridized carbons (Fsp3) is 0.600. The smallest absolute Gasteiger partial charge is 0.267 e. The third kappa shape index (κ3) is 1.99. The van der Waals surface area contributed by atoms with E-state index in [2.05, 4.69) is 44.6 Å². The second-order valence-corrected chi connectivity index (χ2v) is 5.18. The lowest BCUT2D eigenvalue weighted by Crippen LogP contribution is -2.54. The van der Waals surface area contributed by atoms with Gasteiger partial charge in [-0.25, -0.2) is 4.98 Å². The number of anilines is 1. The second-order valence-electron chi connectivity index (χ2n) is 4.39.